The standard InChI is InChI=1S/C7H13N.2CH3.H2O.Pt.Y/c1-6-4-2-3-5-7(6)8;;;;;/h6-8H,1-5H2;2*1H3;1H2;;/q-2;2*-1;;+4;. The van der Waals surface area contributed by atoms with Crippen molar-refractivity contribution in [2.75, 3.05) is 0 Å². The molecule has 1 saturated carbocycles. The third-order valence-electron chi connectivity index (χ3n) is 1.91. The Morgan fingerprint density at radius 1 is 1.08 bits per heavy atom. The first-order chi connectivity index (χ1) is 3.80. The van der Waals surface area contributed by atoms with Gasteiger partial charge in [0.05, 0.1) is 0 Å². The maximum absolute atomic E-state index is 7.42. The number of hydrogen-bond donors (Lipinski definition) is 0. The second-order valence-corrected chi connectivity index (χ2v) is 2.65. The molecule has 0 aromatic carbocycles. The van der Waals surface area contributed by atoms with E-state index in [9.17, 15) is 0 Å². The third-order valence-corrected chi connectivity index (χ3v) is 1.91. The summed E-state index contributed by atoms with van der Waals surface area (Å²) in [6.45, 7) is 3.89. The van der Waals surface area contributed by atoms with E-state index in [1.54, 1.807) is 0 Å². The molecule has 0 aromatic rings. The van der Waals surface area contributed by atoms with Crippen LogP contribution in [0.1, 0.15) is 25.7 Å². The van der Waals surface area contributed by atoms with Crippen LogP contribution in [0.2, 0.25) is 0 Å². The molecule has 0 amide bonds. The molecule has 0 aromatic heterocycles. The SMILES string of the molecule is O.[CH2-]C1CCCCC1[NH-].[CH3-].[CH3-].[Pt+4].[Y]. The molecular weight excluding hydrogens is 422 g/mol. The molecular formula is C9H21NOPtY. The molecule has 1 aliphatic rings. The normalized spacial score (nSPS) is 24.5. The van der Waals surface area contributed by atoms with Crippen molar-refractivity contribution in [2.24, 2.45) is 5.92 Å². The molecule has 4 heteroatoms. The summed E-state index contributed by atoms with van der Waals surface area (Å²) in [5.74, 6) is 0.420. The second-order valence-electron chi connectivity index (χ2n) is 2.65. The second kappa shape index (κ2) is 16.2. The Bertz CT molecular complexity index is 76.0. The first kappa shape index (κ1) is 29.3. The molecule has 0 heterocycles. The van der Waals surface area contributed by atoms with Crippen LogP contribution < -0.4 is 0 Å². The fraction of sp³-hybridized carbons (Fsp3) is 0.667. The molecule has 0 spiro atoms. The van der Waals surface area contributed by atoms with E-state index < -0.39 is 0 Å². The fourth-order valence-corrected chi connectivity index (χ4v) is 1.21. The Morgan fingerprint density at radius 3 is 1.69 bits per heavy atom. The average molecular weight is 443 g/mol. The molecule has 0 bridgehead atoms. The van der Waals surface area contributed by atoms with E-state index in [1.807, 2.05) is 0 Å². The van der Waals surface area contributed by atoms with Gasteiger partial charge in [0.15, 0.2) is 0 Å². The zero-order chi connectivity index (χ0) is 5.98. The van der Waals surface area contributed by atoms with Crippen LogP contribution in [0.15, 0.2) is 0 Å². The van der Waals surface area contributed by atoms with Gasteiger partial charge in [-0.2, -0.15) is 12.0 Å². The number of nitrogens with one attached hydrogen (secondary N) is 1. The Morgan fingerprint density at radius 2 is 1.46 bits per heavy atom. The molecule has 0 aliphatic heterocycles. The van der Waals surface area contributed by atoms with E-state index in [4.69, 9.17) is 5.73 Å². The van der Waals surface area contributed by atoms with Crippen LogP contribution in [0.25, 0.3) is 5.73 Å². The van der Waals surface area contributed by atoms with Gasteiger partial charge in [-0.3, -0.25) is 0 Å². The summed E-state index contributed by atoms with van der Waals surface area (Å²) in [5.41, 5.74) is 7.42. The minimum atomic E-state index is 0. The Balaban J connectivity index is -0.0000000427. The minimum absolute atomic E-state index is 0. The summed E-state index contributed by atoms with van der Waals surface area (Å²) < 4.78 is 0. The van der Waals surface area contributed by atoms with Gasteiger partial charge in [0.25, 0.3) is 0 Å². The summed E-state index contributed by atoms with van der Waals surface area (Å²) >= 11 is 0. The van der Waals surface area contributed by atoms with Crippen LogP contribution >= 0.6 is 0 Å². The summed E-state index contributed by atoms with van der Waals surface area (Å²) in [5, 5.41) is 0. The van der Waals surface area contributed by atoms with Crippen LogP contribution in [-0.2, 0) is 53.8 Å². The maximum atomic E-state index is 7.42. The predicted molar refractivity (Wildman–Crippen MR) is 51.9 cm³/mol. The van der Waals surface area contributed by atoms with Crippen molar-refractivity contribution < 1.29 is 59.3 Å². The van der Waals surface area contributed by atoms with Crippen LogP contribution in [0, 0.1) is 27.7 Å². The van der Waals surface area contributed by atoms with Crippen molar-refractivity contribution in [3.05, 3.63) is 27.5 Å². The molecule has 81 valence electrons. The molecule has 1 aliphatic carbocycles. The van der Waals surface area contributed by atoms with Crippen molar-refractivity contribution in [3.8, 4) is 0 Å². The van der Waals surface area contributed by atoms with Crippen LogP contribution in [0.3, 0.4) is 0 Å². The molecule has 3 N–H and O–H groups in total. The predicted octanol–water partition coefficient (Wildman–Crippen LogP) is 2.50. The van der Waals surface area contributed by atoms with E-state index in [0.29, 0.717) is 5.92 Å². The van der Waals surface area contributed by atoms with Crippen molar-refractivity contribution >= 4 is 0 Å². The van der Waals surface area contributed by atoms with Gasteiger partial charge in [0, 0.05) is 32.7 Å². The summed E-state index contributed by atoms with van der Waals surface area (Å²) in [6, 6.07) is 0.142. The minimum Gasteiger partial charge on any atom is -0.677 e. The molecule has 2 atom stereocenters. The zero-order valence-corrected chi connectivity index (χ0v) is 13.7. The monoisotopic (exact) mass is 443 g/mol. The zero-order valence-electron chi connectivity index (χ0n) is 8.58. The molecule has 1 rings (SSSR count). The van der Waals surface area contributed by atoms with Gasteiger partial charge >= 0.3 is 21.1 Å². The summed E-state index contributed by atoms with van der Waals surface area (Å²) in [7, 11) is 0. The quantitative estimate of drug-likeness (QED) is 0.517. The van der Waals surface area contributed by atoms with Crippen LogP contribution in [-0.4, -0.2) is 11.5 Å². The van der Waals surface area contributed by atoms with E-state index in [0.717, 1.165) is 6.42 Å². The first-order valence-electron chi connectivity index (χ1n) is 3.35. The maximum Gasteiger partial charge on any atom is 4.00 e. The summed E-state index contributed by atoms with van der Waals surface area (Å²) in [4.78, 5) is 0. The average Bonchev–Trinajstić information content (AvgIpc) is 1.77. The Hall–Kier alpha value is 1.71. The first-order valence-corrected chi connectivity index (χ1v) is 3.35. The van der Waals surface area contributed by atoms with Gasteiger partial charge < -0.3 is 33.0 Å². The molecule has 2 unspecified atom stereocenters. The van der Waals surface area contributed by atoms with E-state index in [-0.39, 0.29) is 80.1 Å². The van der Waals surface area contributed by atoms with Crippen LogP contribution in [0.4, 0.5) is 0 Å². The van der Waals surface area contributed by atoms with Gasteiger partial charge in [0.2, 0.25) is 0 Å². The Labute approximate surface area is 123 Å². The largest absolute Gasteiger partial charge is 4.00 e. The van der Waals surface area contributed by atoms with Crippen LogP contribution in [0.5, 0.6) is 0 Å². The van der Waals surface area contributed by atoms with Crippen molar-refractivity contribution in [2.45, 2.75) is 31.7 Å². The van der Waals surface area contributed by atoms with Gasteiger partial charge in [-0.1, -0.05) is 25.7 Å². The topological polar surface area (TPSA) is 55.3 Å². The fourth-order valence-electron chi connectivity index (χ4n) is 1.21. The van der Waals surface area contributed by atoms with E-state index in [1.165, 1.54) is 19.3 Å². The van der Waals surface area contributed by atoms with Crippen molar-refractivity contribution in [1.82, 2.24) is 0 Å². The smallest absolute Gasteiger partial charge is 0.677 e. The number of rotatable bonds is 0. The van der Waals surface area contributed by atoms with Crippen molar-refractivity contribution in [3.63, 3.8) is 0 Å². The van der Waals surface area contributed by atoms with Gasteiger partial charge in [-0.25, -0.2) is 0 Å². The van der Waals surface area contributed by atoms with E-state index in [2.05, 4.69) is 6.92 Å². The molecule has 13 heavy (non-hydrogen) atoms. The third kappa shape index (κ3) is 11.6. The Kier molecular flexibility index (Phi) is 36.4. The van der Waals surface area contributed by atoms with E-state index >= 15 is 0 Å². The molecule has 1 radical (unpaired) electrons. The van der Waals surface area contributed by atoms with Gasteiger partial charge in [-0.15, -0.1) is 0 Å². The summed E-state index contributed by atoms with van der Waals surface area (Å²) in [6.07, 6.45) is 4.80. The van der Waals surface area contributed by atoms with Crippen molar-refractivity contribution in [1.29, 1.82) is 0 Å². The number of hydrogen-bond acceptors (Lipinski definition) is 0. The molecule has 1 fully saturated rings. The van der Waals surface area contributed by atoms with Gasteiger partial charge in [0.1, 0.15) is 0 Å². The molecule has 2 nitrogen and oxygen atoms in total. The molecule has 0 saturated heterocycles. The van der Waals surface area contributed by atoms with Gasteiger partial charge in [-0.05, 0) is 0 Å².